The zero-order chi connectivity index (χ0) is 21.6. The number of fused-ring (bicyclic) bond motifs is 3. The van der Waals surface area contributed by atoms with E-state index in [-0.39, 0.29) is 11.1 Å². The molecule has 2 N–H and O–H groups in total. The van der Waals surface area contributed by atoms with Gasteiger partial charge in [-0.2, -0.15) is 0 Å². The molecule has 0 saturated carbocycles. The van der Waals surface area contributed by atoms with Crippen LogP contribution in [0.2, 0.25) is 0 Å². The van der Waals surface area contributed by atoms with Gasteiger partial charge in [0.15, 0.2) is 0 Å². The summed E-state index contributed by atoms with van der Waals surface area (Å²) in [7, 11) is 0. The molecule has 5 rings (SSSR count). The second-order valence-corrected chi connectivity index (χ2v) is 7.31. The van der Waals surface area contributed by atoms with E-state index in [1.165, 1.54) is 0 Å². The van der Waals surface area contributed by atoms with E-state index in [1.807, 2.05) is 24.3 Å². The highest BCUT2D eigenvalue weighted by atomic mass is 16.4. The van der Waals surface area contributed by atoms with Gasteiger partial charge >= 0.3 is 11.9 Å². The van der Waals surface area contributed by atoms with E-state index in [0.29, 0.717) is 0 Å². The largest absolute Gasteiger partial charge is 0.478 e. The fourth-order valence-corrected chi connectivity index (χ4v) is 4.45. The molecule has 0 radical (unpaired) electrons. The summed E-state index contributed by atoms with van der Waals surface area (Å²) in [5, 5.41) is 18.7. The van der Waals surface area contributed by atoms with E-state index >= 15 is 0 Å². The predicted octanol–water partition coefficient (Wildman–Crippen LogP) is 4.24. The summed E-state index contributed by atoms with van der Waals surface area (Å²) in [6.45, 7) is 0. The Balaban J connectivity index is 1.86. The summed E-state index contributed by atoms with van der Waals surface area (Å²) in [5.41, 5.74) is 4.60. The van der Waals surface area contributed by atoms with E-state index in [2.05, 4.69) is 9.97 Å². The highest BCUT2D eigenvalue weighted by Crippen LogP contribution is 2.54. The first kappa shape index (κ1) is 18.7. The molecule has 2 aromatic heterocycles. The average molecular weight is 408 g/mol. The molecule has 2 heterocycles. The lowest BCUT2D eigenvalue weighted by atomic mass is 9.68. The van der Waals surface area contributed by atoms with Crippen molar-refractivity contribution in [1.29, 1.82) is 0 Å². The first-order chi connectivity index (χ1) is 15.0. The average Bonchev–Trinajstić information content (AvgIpc) is 3.11. The van der Waals surface area contributed by atoms with Crippen LogP contribution >= 0.6 is 0 Å². The lowest BCUT2D eigenvalue weighted by Gasteiger charge is -2.33. The maximum Gasteiger partial charge on any atom is 0.335 e. The van der Waals surface area contributed by atoms with Gasteiger partial charge in [0.05, 0.1) is 27.9 Å². The second kappa shape index (κ2) is 6.88. The monoisotopic (exact) mass is 408 g/mol. The van der Waals surface area contributed by atoms with Gasteiger partial charge in [-0.15, -0.1) is 0 Å². The normalized spacial score (nSPS) is 13.3. The molecule has 4 aromatic rings. The highest BCUT2D eigenvalue weighted by Gasteiger charge is 2.47. The van der Waals surface area contributed by atoms with E-state index in [4.69, 9.17) is 0 Å². The Labute approximate surface area is 177 Å². The maximum absolute atomic E-state index is 11.4. The number of aromatic nitrogens is 2. The van der Waals surface area contributed by atoms with Crippen molar-refractivity contribution in [3.8, 4) is 11.4 Å². The summed E-state index contributed by atoms with van der Waals surface area (Å²) in [6, 6.07) is 21.2. The molecule has 31 heavy (non-hydrogen) atoms. The second-order valence-electron chi connectivity index (χ2n) is 7.31. The predicted molar refractivity (Wildman–Crippen MR) is 113 cm³/mol. The first-order valence-electron chi connectivity index (χ1n) is 9.62. The molecule has 0 saturated heterocycles. The molecule has 1 aliphatic carbocycles. The molecule has 6 heteroatoms. The smallest absolute Gasteiger partial charge is 0.335 e. The molecule has 0 fully saturated rings. The number of pyridine rings is 2. The molecule has 6 nitrogen and oxygen atoms in total. The number of nitrogens with zero attached hydrogens (tertiary/aromatic N) is 2. The summed E-state index contributed by atoms with van der Waals surface area (Å²) in [5.74, 6) is -2.00. The summed E-state index contributed by atoms with van der Waals surface area (Å²) in [4.78, 5) is 32.0. The molecule has 0 aliphatic heterocycles. The van der Waals surface area contributed by atoms with Gasteiger partial charge in [0.1, 0.15) is 0 Å². The Hall–Kier alpha value is -4.32. The van der Waals surface area contributed by atoms with Crippen molar-refractivity contribution in [2.24, 2.45) is 0 Å². The third-order valence-corrected chi connectivity index (χ3v) is 5.78. The van der Waals surface area contributed by atoms with E-state index < -0.39 is 17.4 Å². The Kier molecular flexibility index (Phi) is 4.15. The van der Waals surface area contributed by atoms with E-state index in [1.54, 1.807) is 60.9 Å². The van der Waals surface area contributed by atoms with Gasteiger partial charge in [-0.1, -0.05) is 36.4 Å². The Bertz CT molecular complexity index is 1220. The number of hydrogen-bond acceptors (Lipinski definition) is 4. The third kappa shape index (κ3) is 2.65. The van der Waals surface area contributed by atoms with Crippen LogP contribution in [-0.4, -0.2) is 32.1 Å². The maximum atomic E-state index is 11.4. The van der Waals surface area contributed by atoms with Crippen LogP contribution in [0.25, 0.3) is 11.4 Å². The van der Waals surface area contributed by atoms with Crippen LogP contribution in [0.5, 0.6) is 0 Å². The standard InChI is InChI=1S/C25H16N2O4/c28-23(29)15-5-9-17(10-6-15)25(18-11-7-16(8-12-18)24(30)31)19-3-1-13-26-21(19)22-20(25)4-2-14-27-22/h1-14H,(H,28,29)(H,30,31). The van der Waals surface area contributed by atoms with Crippen LogP contribution in [0.1, 0.15) is 43.0 Å². The quantitative estimate of drug-likeness (QED) is 0.461. The third-order valence-electron chi connectivity index (χ3n) is 5.78. The molecule has 2 aromatic carbocycles. The van der Waals surface area contributed by atoms with Crippen molar-refractivity contribution in [1.82, 2.24) is 9.97 Å². The van der Waals surface area contributed by atoms with Crippen molar-refractivity contribution < 1.29 is 19.8 Å². The molecular weight excluding hydrogens is 392 g/mol. The Morgan fingerprint density at radius 3 is 1.35 bits per heavy atom. The van der Waals surface area contributed by atoms with Crippen molar-refractivity contribution in [3.63, 3.8) is 0 Å². The molecule has 0 unspecified atom stereocenters. The highest BCUT2D eigenvalue weighted by molar-refractivity contribution is 5.89. The fourth-order valence-electron chi connectivity index (χ4n) is 4.45. The fraction of sp³-hybridized carbons (Fsp3) is 0.0400. The van der Waals surface area contributed by atoms with Crippen LogP contribution in [0.15, 0.2) is 85.2 Å². The van der Waals surface area contributed by atoms with E-state index in [9.17, 15) is 19.8 Å². The summed E-state index contributed by atoms with van der Waals surface area (Å²) in [6.07, 6.45) is 3.43. The minimum atomic E-state index is -0.998. The van der Waals surface area contributed by atoms with Gasteiger partial charge in [-0.3, -0.25) is 9.97 Å². The van der Waals surface area contributed by atoms with Gasteiger partial charge in [0.25, 0.3) is 0 Å². The van der Waals surface area contributed by atoms with Gasteiger partial charge in [-0.05, 0) is 58.7 Å². The number of benzene rings is 2. The molecular formula is C25H16N2O4. The van der Waals surface area contributed by atoms with Crippen LogP contribution < -0.4 is 0 Å². The van der Waals surface area contributed by atoms with Gasteiger partial charge < -0.3 is 10.2 Å². The SMILES string of the molecule is O=C(O)c1ccc(C2(c3ccc(C(=O)O)cc3)c3cccnc3-c3ncccc32)cc1. The molecule has 0 atom stereocenters. The Morgan fingerprint density at radius 2 is 1.00 bits per heavy atom. The topological polar surface area (TPSA) is 100 Å². The van der Waals surface area contributed by atoms with Crippen molar-refractivity contribution in [2.45, 2.75) is 5.41 Å². The molecule has 150 valence electrons. The van der Waals surface area contributed by atoms with Gasteiger partial charge in [0.2, 0.25) is 0 Å². The van der Waals surface area contributed by atoms with Crippen molar-refractivity contribution in [2.75, 3.05) is 0 Å². The zero-order valence-corrected chi connectivity index (χ0v) is 16.2. The lowest BCUT2D eigenvalue weighted by Crippen LogP contribution is -2.29. The number of carboxylic acids is 2. The van der Waals surface area contributed by atoms with Crippen LogP contribution in [0, 0.1) is 0 Å². The van der Waals surface area contributed by atoms with Crippen LogP contribution in [0.4, 0.5) is 0 Å². The molecule has 0 bridgehead atoms. The molecule has 0 amide bonds. The van der Waals surface area contributed by atoms with Crippen LogP contribution in [-0.2, 0) is 5.41 Å². The Morgan fingerprint density at radius 1 is 0.613 bits per heavy atom. The zero-order valence-electron chi connectivity index (χ0n) is 16.2. The van der Waals surface area contributed by atoms with Gasteiger partial charge in [0, 0.05) is 12.4 Å². The first-order valence-corrected chi connectivity index (χ1v) is 9.62. The molecule has 0 spiro atoms. The molecule has 1 aliphatic rings. The number of carbonyl (C=O) groups is 2. The minimum absolute atomic E-state index is 0.191. The summed E-state index contributed by atoms with van der Waals surface area (Å²) >= 11 is 0. The number of aromatic carboxylic acids is 2. The minimum Gasteiger partial charge on any atom is -0.478 e. The van der Waals surface area contributed by atoms with Crippen molar-refractivity contribution in [3.05, 3.63) is 119 Å². The summed E-state index contributed by atoms with van der Waals surface area (Å²) < 4.78 is 0. The van der Waals surface area contributed by atoms with E-state index in [0.717, 1.165) is 33.6 Å². The van der Waals surface area contributed by atoms with Gasteiger partial charge in [-0.25, -0.2) is 9.59 Å². The van der Waals surface area contributed by atoms with Crippen LogP contribution in [0.3, 0.4) is 0 Å². The van der Waals surface area contributed by atoms with Crippen molar-refractivity contribution >= 4 is 11.9 Å². The number of hydrogen-bond donors (Lipinski definition) is 2. The number of rotatable bonds is 4. The lowest BCUT2D eigenvalue weighted by molar-refractivity contribution is 0.0686. The number of carboxylic acid groups (broad SMARTS) is 2.